The Morgan fingerprint density at radius 1 is 1.12 bits per heavy atom. The highest BCUT2D eigenvalue weighted by molar-refractivity contribution is 9.10. The van der Waals surface area contributed by atoms with Crippen LogP contribution >= 0.6 is 27.7 Å². The number of halogens is 1. The van der Waals surface area contributed by atoms with Crippen molar-refractivity contribution in [3.8, 4) is 11.5 Å². The predicted molar refractivity (Wildman–Crippen MR) is 110 cm³/mol. The third-order valence-electron chi connectivity index (χ3n) is 3.56. The summed E-state index contributed by atoms with van der Waals surface area (Å²) in [5.74, 6) is 1.09. The van der Waals surface area contributed by atoms with Crippen molar-refractivity contribution in [2.75, 3.05) is 13.2 Å². The summed E-state index contributed by atoms with van der Waals surface area (Å²) in [7, 11) is 0. The largest absolute Gasteiger partial charge is 0.490 e. The molecule has 6 heteroatoms. The van der Waals surface area contributed by atoms with E-state index in [0.29, 0.717) is 29.6 Å². The zero-order valence-corrected chi connectivity index (χ0v) is 16.9. The van der Waals surface area contributed by atoms with Gasteiger partial charge in [-0.2, -0.15) is 0 Å². The summed E-state index contributed by atoms with van der Waals surface area (Å²) >= 11 is 4.91. The molecule has 0 saturated carbocycles. The molecule has 0 aromatic heterocycles. The second kappa shape index (κ2) is 8.56. The number of benzene rings is 2. The van der Waals surface area contributed by atoms with Crippen LogP contribution in [0.3, 0.4) is 0 Å². The molecule has 0 saturated heterocycles. The van der Waals surface area contributed by atoms with Crippen molar-refractivity contribution in [3.63, 3.8) is 0 Å². The molecule has 0 atom stereocenters. The van der Waals surface area contributed by atoms with Crippen molar-refractivity contribution < 1.29 is 14.3 Å². The molecule has 1 heterocycles. The maximum atomic E-state index is 12.3. The van der Waals surface area contributed by atoms with Gasteiger partial charge in [-0.3, -0.25) is 4.79 Å². The van der Waals surface area contributed by atoms with Crippen LogP contribution in [0.2, 0.25) is 0 Å². The van der Waals surface area contributed by atoms with Crippen LogP contribution in [0.25, 0.3) is 6.08 Å². The Bertz CT molecular complexity index is 878. The predicted octanol–water partition coefficient (Wildman–Crippen LogP) is 5.31. The standard InChI is InChI=1S/C20H18BrNO3S/c1-3-24-16-11-13(10-15(21)18(16)25-4-2)12-17-19(23)22-20(26-17)14-8-6-5-7-9-14/h5-12H,3-4H2,1-2H3/b17-12-. The number of aliphatic imine (C=N–C) groups is 1. The average molecular weight is 432 g/mol. The van der Waals surface area contributed by atoms with Crippen LogP contribution in [0, 0.1) is 0 Å². The maximum Gasteiger partial charge on any atom is 0.284 e. The van der Waals surface area contributed by atoms with Crippen LogP contribution in [-0.2, 0) is 4.79 Å². The topological polar surface area (TPSA) is 47.9 Å². The molecule has 4 nitrogen and oxygen atoms in total. The lowest BCUT2D eigenvalue weighted by Gasteiger charge is -2.13. The van der Waals surface area contributed by atoms with Gasteiger partial charge in [0, 0.05) is 5.56 Å². The highest BCUT2D eigenvalue weighted by Gasteiger charge is 2.23. The Labute approximate surface area is 165 Å². The SMILES string of the molecule is CCOc1cc(/C=C2\SC(c3ccccc3)=NC2=O)cc(Br)c1OCC. The normalized spacial score (nSPS) is 15.3. The molecular formula is C20H18BrNO3S. The molecule has 0 unspecified atom stereocenters. The summed E-state index contributed by atoms with van der Waals surface area (Å²) in [6, 6.07) is 13.5. The number of carbonyl (C=O) groups is 1. The van der Waals surface area contributed by atoms with Crippen LogP contribution in [0.1, 0.15) is 25.0 Å². The van der Waals surface area contributed by atoms with Gasteiger partial charge in [0.05, 0.1) is 22.6 Å². The first-order valence-electron chi connectivity index (χ1n) is 8.29. The number of rotatable bonds is 6. The van der Waals surface area contributed by atoms with Crippen LogP contribution in [0.5, 0.6) is 11.5 Å². The van der Waals surface area contributed by atoms with E-state index < -0.39 is 0 Å². The molecule has 0 bridgehead atoms. The fourth-order valence-corrected chi connectivity index (χ4v) is 3.98. The van der Waals surface area contributed by atoms with Gasteiger partial charge >= 0.3 is 0 Å². The molecule has 1 aliphatic rings. The number of amides is 1. The highest BCUT2D eigenvalue weighted by Crippen LogP contribution is 2.39. The summed E-state index contributed by atoms with van der Waals surface area (Å²) in [5, 5.41) is 0.719. The van der Waals surface area contributed by atoms with Crippen molar-refractivity contribution in [1.29, 1.82) is 0 Å². The summed E-state index contributed by atoms with van der Waals surface area (Å²) in [6.07, 6.45) is 1.83. The molecule has 1 aliphatic heterocycles. The highest BCUT2D eigenvalue weighted by atomic mass is 79.9. The van der Waals surface area contributed by atoms with Gasteiger partial charge in [0.15, 0.2) is 11.5 Å². The molecule has 2 aromatic carbocycles. The smallest absolute Gasteiger partial charge is 0.284 e. The van der Waals surface area contributed by atoms with Gasteiger partial charge in [0.2, 0.25) is 0 Å². The second-order valence-corrected chi connectivity index (χ2v) is 7.28. The molecular weight excluding hydrogens is 414 g/mol. The number of hydrogen-bond donors (Lipinski definition) is 0. The summed E-state index contributed by atoms with van der Waals surface area (Å²) in [5.41, 5.74) is 1.79. The number of ether oxygens (including phenoxy) is 2. The zero-order chi connectivity index (χ0) is 18.5. The van der Waals surface area contributed by atoms with E-state index in [1.807, 2.05) is 62.4 Å². The monoisotopic (exact) mass is 431 g/mol. The first-order chi connectivity index (χ1) is 12.6. The van der Waals surface area contributed by atoms with E-state index in [-0.39, 0.29) is 5.91 Å². The third-order valence-corrected chi connectivity index (χ3v) is 5.18. The van der Waals surface area contributed by atoms with Gasteiger partial charge in [-0.05, 0) is 53.5 Å². The lowest BCUT2D eigenvalue weighted by molar-refractivity contribution is -0.113. The first-order valence-corrected chi connectivity index (χ1v) is 9.90. The first kappa shape index (κ1) is 18.7. The van der Waals surface area contributed by atoms with Crippen molar-refractivity contribution in [2.24, 2.45) is 4.99 Å². The average Bonchev–Trinajstić information content (AvgIpc) is 3.00. The van der Waals surface area contributed by atoms with Gasteiger partial charge in [0.1, 0.15) is 5.04 Å². The minimum absolute atomic E-state index is 0.225. The molecule has 26 heavy (non-hydrogen) atoms. The number of thioether (sulfide) groups is 1. The molecule has 0 N–H and O–H groups in total. The van der Waals surface area contributed by atoms with E-state index in [9.17, 15) is 4.79 Å². The van der Waals surface area contributed by atoms with Crippen LogP contribution in [0.15, 0.2) is 56.8 Å². The molecule has 0 fully saturated rings. The zero-order valence-electron chi connectivity index (χ0n) is 14.5. The van der Waals surface area contributed by atoms with Crippen molar-refractivity contribution >= 4 is 44.7 Å². The van der Waals surface area contributed by atoms with E-state index >= 15 is 0 Å². The third kappa shape index (κ3) is 4.19. The Morgan fingerprint density at radius 2 is 1.85 bits per heavy atom. The van der Waals surface area contributed by atoms with Crippen molar-refractivity contribution in [2.45, 2.75) is 13.8 Å². The van der Waals surface area contributed by atoms with E-state index in [0.717, 1.165) is 20.6 Å². The van der Waals surface area contributed by atoms with Crippen LogP contribution in [0.4, 0.5) is 0 Å². The minimum atomic E-state index is -0.225. The number of hydrogen-bond acceptors (Lipinski definition) is 4. The summed E-state index contributed by atoms with van der Waals surface area (Å²) in [6.45, 7) is 4.92. The quantitative estimate of drug-likeness (QED) is 0.581. The van der Waals surface area contributed by atoms with Gasteiger partial charge in [-0.15, -0.1) is 0 Å². The fraction of sp³-hybridized carbons (Fsp3) is 0.200. The number of nitrogens with zero attached hydrogens (tertiary/aromatic N) is 1. The maximum absolute atomic E-state index is 12.3. The molecule has 0 aliphatic carbocycles. The fourth-order valence-electron chi connectivity index (χ4n) is 2.48. The number of carbonyl (C=O) groups excluding carboxylic acids is 1. The van der Waals surface area contributed by atoms with E-state index in [1.54, 1.807) is 0 Å². The Hall–Kier alpha value is -2.05. The van der Waals surface area contributed by atoms with Crippen LogP contribution in [-0.4, -0.2) is 24.2 Å². The molecule has 1 amide bonds. The Morgan fingerprint density at radius 3 is 2.54 bits per heavy atom. The van der Waals surface area contributed by atoms with Crippen molar-refractivity contribution in [3.05, 3.63) is 63.0 Å². The Kier molecular flexibility index (Phi) is 6.16. The lowest BCUT2D eigenvalue weighted by Crippen LogP contribution is -2.00. The Balaban J connectivity index is 1.90. The van der Waals surface area contributed by atoms with E-state index in [4.69, 9.17) is 9.47 Å². The molecule has 2 aromatic rings. The van der Waals surface area contributed by atoms with Crippen LogP contribution < -0.4 is 9.47 Å². The lowest BCUT2D eigenvalue weighted by atomic mass is 10.2. The van der Waals surface area contributed by atoms with Gasteiger partial charge in [0.25, 0.3) is 5.91 Å². The summed E-state index contributed by atoms with van der Waals surface area (Å²) in [4.78, 5) is 17.0. The second-order valence-electron chi connectivity index (χ2n) is 5.39. The van der Waals surface area contributed by atoms with E-state index in [2.05, 4.69) is 20.9 Å². The molecule has 0 spiro atoms. The van der Waals surface area contributed by atoms with Gasteiger partial charge < -0.3 is 9.47 Å². The van der Waals surface area contributed by atoms with Gasteiger partial charge in [-0.25, -0.2) is 4.99 Å². The molecule has 0 radical (unpaired) electrons. The minimum Gasteiger partial charge on any atom is -0.490 e. The molecule has 134 valence electrons. The van der Waals surface area contributed by atoms with Crippen molar-refractivity contribution in [1.82, 2.24) is 0 Å². The van der Waals surface area contributed by atoms with E-state index in [1.165, 1.54) is 11.8 Å². The van der Waals surface area contributed by atoms with Gasteiger partial charge in [-0.1, -0.05) is 42.1 Å². The summed E-state index contributed by atoms with van der Waals surface area (Å²) < 4.78 is 12.1. The molecule has 3 rings (SSSR count).